The Balaban J connectivity index is 3.34. The molecule has 0 aliphatic carbocycles. The Morgan fingerprint density at radius 2 is 1.80 bits per heavy atom. The number of rotatable bonds is 1. The van der Waals surface area contributed by atoms with Crippen LogP contribution in [0, 0.1) is 5.82 Å². The molecule has 0 radical (unpaired) electrons. The summed E-state index contributed by atoms with van der Waals surface area (Å²) in [5.41, 5.74) is 0.532. The van der Waals surface area contributed by atoms with Crippen molar-refractivity contribution in [2.45, 2.75) is 12.6 Å². The first-order valence-corrected chi connectivity index (χ1v) is 3.54. The third-order valence-electron chi connectivity index (χ3n) is 1.59. The van der Waals surface area contributed by atoms with E-state index in [0.29, 0.717) is 0 Å². The molecule has 2 N–H and O–H groups in total. The van der Waals surface area contributed by atoms with Crippen molar-refractivity contribution in [2.24, 2.45) is 0 Å². The fourth-order valence-corrected chi connectivity index (χ4v) is 0.889. The molecule has 1 heterocycles. The highest BCUT2D eigenvalue weighted by Gasteiger charge is 2.36. The van der Waals surface area contributed by atoms with Crippen molar-refractivity contribution in [1.82, 2.24) is 4.98 Å². The van der Waals surface area contributed by atoms with Crippen molar-refractivity contribution in [2.75, 3.05) is 5.73 Å². The topological polar surface area (TPSA) is 38.9 Å². The number of pyridine rings is 1. The Hall–Kier alpha value is -1.47. The molecule has 0 aliphatic rings. The molecular formula is C7H4F6N2. The van der Waals surface area contributed by atoms with E-state index < -0.39 is 35.4 Å². The third kappa shape index (κ3) is 2.13. The van der Waals surface area contributed by atoms with Gasteiger partial charge in [0.25, 0.3) is 6.43 Å². The first-order chi connectivity index (χ1) is 6.75. The molecule has 0 aromatic carbocycles. The summed E-state index contributed by atoms with van der Waals surface area (Å²) in [6.45, 7) is 0. The molecule has 0 unspecified atom stereocenters. The maximum absolute atomic E-state index is 12.9. The zero-order valence-electron chi connectivity index (χ0n) is 6.95. The minimum absolute atomic E-state index is 0.00676. The number of aromatic nitrogens is 1. The Labute approximate surface area is 79.7 Å². The fraction of sp³-hybridized carbons (Fsp3) is 0.286. The number of anilines is 1. The standard InChI is InChI=1S/C7H4F6N2/c8-3-2(7(11,12)13)1-15-5(4(3)14)6(9)10/h1,6H,14H2. The summed E-state index contributed by atoms with van der Waals surface area (Å²) >= 11 is 0. The lowest BCUT2D eigenvalue weighted by Gasteiger charge is -2.11. The van der Waals surface area contributed by atoms with E-state index in [4.69, 9.17) is 5.73 Å². The van der Waals surface area contributed by atoms with Crippen molar-refractivity contribution < 1.29 is 26.3 Å². The van der Waals surface area contributed by atoms with Crippen LogP contribution in [0.15, 0.2) is 6.20 Å². The molecule has 0 spiro atoms. The summed E-state index contributed by atoms with van der Waals surface area (Å²) in [6, 6.07) is 0. The Bertz CT molecular complexity index is 372. The Morgan fingerprint density at radius 3 is 2.20 bits per heavy atom. The molecule has 0 fully saturated rings. The van der Waals surface area contributed by atoms with Crippen LogP contribution in [0.2, 0.25) is 0 Å². The molecule has 1 aromatic heterocycles. The van der Waals surface area contributed by atoms with Gasteiger partial charge in [0.05, 0.1) is 5.69 Å². The predicted octanol–water partition coefficient (Wildman–Crippen LogP) is 2.76. The number of hydrogen-bond acceptors (Lipinski definition) is 2. The van der Waals surface area contributed by atoms with E-state index in [0.717, 1.165) is 0 Å². The maximum Gasteiger partial charge on any atom is 0.420 e. The zero-order valence-corrected chi connectivity index (χ0v) is 6.95. The molecular weight excluding hydrogens is 226 g/mol. The van der Waals surface area contributed by atoms with Crippen LogP contribution in [-0.2, 0) is 6.18 Å². The van der Waals surface area contributed by atoms with Crippen LogP contribution < -0.4 is 5.73 Å². The van der Waals surface area contributed by atoms with Crippen molar-refractivity contribution in [1.29, 1.82) is 0 Å². The van der Waals surface area contributed by atoms with Gasteiger partial charge in [-0.3, -0.25) is 4.98 Å². The third-order valence-corrected chi connectivity index (χ3v) is 1.59. The van der Waals surface area contributed by atoms with Gasteiger partial charge in [-0.25, -0.2) is 13.2 Å². The second-order valence-corrected chi connectivity index (χ2v) is 2.58. The van der Waals surface area contributed by atoms with E-state index >= 15 is 0 Å². The van der Waals surface area contributed by atoms with Crippen LogP contribution in [0.1, 0.15) is 17.7 Å². The van der Waals surface area contributed by atoms with Crippen LogP contribution in [0.5, 0.6) is 0 Å². The van der Waals surface area contributed by atoms with Crippen molar-refractivity contribution in [3.8, 4) is 0 Å². The van der Waals surface area contributed by atoms with Crippen LogP contribution in [-0.4, -0.2) is 4.98 Å². The van der Waals surface area contributed by atoms with Crippen molar-refractivity contribution >= 4 is 5.69 Å². The van der Waals surface area contributed by atoms with Gasteiger partial charge in [0.2, 0.25) is 0 Å². The highest BCUT2D eigenvalue weighted by molar-refractivity contribution is 5.48. The summed E-state index contributed by atoms with van der Waals surface area (Å²) in [5, 5.41) is 0. The van der Waals surface area contributed by atoms with Crippen molar-refractivity contribution in [3.63, 3.8) is 0 Å². The Morgan fingerprint density at radius 1 is 1.27 bits per heavy atom. The smallest absolute Gasteiger partial charge is 0.395 e. The van der Waals surface area contributed by atoms with Gasteiger partial charge >= 0.3 is 6.18 Å². The lowest BCUT2D eigenvalue weighted by Crippen LogP contribution is -2.13. The first kappa shape index (κ1) is 11.6. The van der Waals surface area contributed by atoms with Crippen molar-refractivity contribution in [3.05, 3.63) is 23.3 Å². The summed E-state index contributed by atoms with van der Waals surface area (Å²) in [7, 11) is 0. The second kappa shape index (κ2) is 3.59. The van der Waals surface area contributed by atoms with Gasteiger partial charge in [-0.1, -0.05) is 0 Å². The lowest BCUT2D eigenvalue weighted by molar-refractivity contribution is -0.140. The van der Waals surface area contributed by atoms with Gasteiger partial charge in [0.1, 0.15) is 11.3 Å². The van der Waals surface area contributed by atoms with Gasteiger partial charge in [-0.2, -0.15) is 13.2 Å². The van der Waals surface area contributed by atoms with E-state index in [-0.39, 0.29) is 6.20 Å². The van der Waals surface area contributed by atoms with Crippen LogP contribution in [0.3, 0.4) is 0 Å². The zero-order chi connectivity index (χ0) is 11.8. The number of nitrogens with two attached hydrogens (primary N) is 1. The quantitative estimate of drug-likeness (QED) is 0.753. The molecule has 2 nitrogen and oxygen atoms in total. The average molecular weight is 230 g/mol. The van der Waals surface area contributed by atoms with E-state index in [1.54, 1.807) is 0 Å². The summed E-state index contributed by atoms with van der Waals surface area (Å²) < 4.78 is 73.1. The van der Waals surface area contributed by atoms with E-state index in [9.17, 15) is 26.3 Å². The normalized spacial score (nSPS) is 12.2. The van der Waals surface area contributed by atoms with E-state index in [1.165, 1.54) is 0 Å². The molecule has 0 saturated carbocycles. The molecule has 1 rings (SSSR count). The van der Waals surface area contributed by atoms with Crippen LogP contribution in [0.4, 0.5) is 32.0 Å². The monoisotopic (exact) mass is 230 g/mol. The number of halogens is 6. The number of alkyl halides is 5. The Kier molecular flexibility index (Phi) is 2.78. The van der Waals surface area contributed by atoms with Gasteiger partial charge in [0, 0.05) is 6.20 Å². The summed E-state index contributed by atoms with van der Waals surface area (Å²) in [6.07, 6.45) is -8.24. The largest absolute Gasteiger partial charge is 0.420 e. The van der Waals surface area contributed by atoms with E-state index in [1.807, 2.05) is 0 Å². The maximum atomic E-state index is 12.9. The molecule has 0 amide bonds. The highest BCUT2D eigenvalue weighted by Crippen LogP contribution is 2.35. The number of nitrogen functional groups attached to an aromatic ring is 1. The summed E-state index contributed by atoms with van der Waals surface area (Å²) in [4.78, 5) is 2.77. The van der Waals surface area contributed by atoms with Gasteiger partial charge in [-0.15, -0.1) is 0 Å². The van der Waals surface area contributed by atoms with Crippen LogP contribution >= 0.6 is 0 Å². The van der Waals surface area contributed by atoms with E-state index in [2.05, 4.69) is 4.98 Å². The van der Waals surface area contributed by atoms with Crippen LogP contribution in [0.25, 0.3) is 0 Å². The lowest BCUT2D eigenvalue weighted by atomic mass is 10.2. The number of nitrogens with zero attached hydrogens (tertiary/aromatic N) is 1. The number of hydrogen-bond donors (Lipinski definition) is 1. The SMILES string of the molecule is Nc1c(C(F)F)ncc(C(F)(F)F)c1F. The molecule has 0 saturated heterocycles. The average Bonchev–Trinajstić information content (AvgIpc) is 2.06. The minimum Gasteiger partial charge on any atom is -0.395 e. The molecule has 0 atom stereocenters. The van der Waals surface area contributed by atoms with Gasteiger partial charge in [-0.05, 0) is 0 Å². The molecule has 1 aromatic rings. The molecule has 0 bridgehead atoms. The molecule has 84 valence electrons. The highest BCUT2D eigenvalue weighted by atomic mass is 19.4. The second-order valence-electron chi connectivity index (χ2n) is 2.58. The fourth-order valence-electron chi connectivity index (χ4n) is 0.889. The predicted molar refractivity (Wildman–Crippen MR) is 38.6 cm³/mol. The molecule has 0 aliphatic heterocycles. The van der Waals surface area contributed by atoms with Gasteiger partial charge in [0.15, 0.2) is 5.82 Å². The molecule has 15 heavy (non-hydrogen) atoms. The summed E-state index contributed by atoms with van der Waals surface area (Å²) in [5.74, 6) is -1.92. The minimum atomic E-state index is -5.01. The molecule has 8 heteroatoms. The first-order valence-electron chi connectivity index (χ1n) is 3.54. The van der Waals surface area contributed by atoms with Gasteiger partial charge < -0.3 is 5.73 Å².